The second-order valence-corrected chi connectivity index (χ2v) is 2.85. The quantitative estimate of drug-likeness (QED) is 0.558. The van der Waals surface area contributed by atoms with Gasteiger partial charge in [0.25, 0.3) is 0 Å². The van der Waals surface area contributed by atoms with Crippen LogP contribution in [0.5, 0.6) is 0 Å². The molecule has 14 heavy (non-hydrogen) atoms. The molecular formula is C9H10N4O. The van der Waals surface area contributed by atoms with E-state index < -0.39 is 0 Å². The molecule has 0 aliphatic carbocycles. The zero-order valence-electron chi connectivity index (χ0n) is 7.58. The van der Waals surface area contributed by atoms with Gasteiger partial charge in [-0.15, -0.1) is 0 Å². The first kappa shape index (κ1) is 8.68. The molecule has 2 amide bonds. The summed E-state index contributed by atoms with van der Waals surface area (Å²) in [5, 5.41) is 0. The van der Waals surface area contributed by atoms with Gasteiger partial charge in [0.15, 0.2) is 0 Å². The van der Waals surface area contributed by atoms with Gasteiger partial charge in [-0.05, 0) is 12.2 Å². The van der Waals surface area contributed by atoms with Crippen molar-refractivity contribution in [3.63, 3.8) is 0 Å². The lowest BCUT2D eigenvalue weighted by Crippen LogP contribution is -2.39. The van der Waals surface area contributed by atoms with Crippen LogP contribution in [0.25, 0.3) is 0 Å². The van der Waals surface area contributed by atoms with E-state index in [-0.39, 0.29) is 6.03 Å². The Hall–Kier alpha value is -1.91. The van der Waals surface area contributed by atoms with Crippen molar-refractivity contribution in [2.75, 3.05) is 13.3 Å². The van der Waals surface area contributed by atoms with E-state index in [0.717, 1.165) is 0 Å². The molecule has 0 aromatic carbocycles. The van der Waals surface area contributed by atoms with Gasteiger partial charge in [0, 0.05) is 24.8 Å². The van der Waals surface area contributed by atoms with E-state index in [1.54, 1.807) is 37.0 Å². The first-order chi connectivity index (χ1) is 6.88. The summed E-state index contributed by atoms with van der Waals surface area (Å²) in [5.41, 5.74) is 0. The number of hydrogen-bond donors (Lipinski definition) is 0. The Morgan fingerprint density at radius 2 is 1.50 bits per heavy atom. The molecule has 2 rings (SSSR count). The zero-order chi connectivity index (χ0) is 9.80. The van der Waals surface area contributed by atoms with Crippen LogP contribution in [0.15, 0.2) is 34.5 Å². The van der Waals surface area contributed by atoms with Crippen LogP contribution in [0.3, 0.4) is 0 Å². The van der Waals surface area contributed by atoms with Gasteiger partial charge in [-0.2, -0.15) is 0 Å². The molecule has 5 heteroatoms. The summed E-state index contributed by atoms with van der Waals surface area (Å²) >= 11 is 0. The summed E-state index contributed by atoms with van der Waals surface area (Å²) in [6, 6.07) is -0.105. The van der Waals surface area contributed by atoms with E-state index in [0.29, 0.717) is 13.3 Å². The predicted octanol–water partition coefficient (Wildman–Crippen LogP) is 0.822. The number of allylic oxidation sites excluding steroid dienone is 2. The lowest BCUT2D eigenvalue weighted by atomic mass is 10.5. The predicted molar refractivity (Wildman–Crippen MR) is 54.1 cm³/mol. The van der Waals surface area contributed by atoms with Crippen molar-refractivity contribution >= 4 is 18.5 Å². The fraction of sp³-hybridized carbons (Fsp3) is 0.222. The SMILES string of the molecule is O=C(N1C=CC=NC1)N1C=CC=NC1. The third-order valence-electron chi connectivity index (χ3n) is 1.87. The normalized spacial score (nSPS) is 19.1. The Kier molecular flexibility index (Phi) is 2.40. The van der Waals surface area contributed by atoms with E-state index in [1.165, 1.54) is 9.80 Å². The Labute approximate surface area is 81.7 Å². The molecule has 0 unspecified atom stereocenters. The van der Waals surface area contributed by atoms with Gasteiger partial charge in [-0.25, -0.2) is 4.79 Å². The molecule has 2 aliphatic heterocycles. The van der Waals surface area contributed by atoms with Gasteiger partial charge in [0.05, 0.1) is 0 Å². The zero-order valence-corrected chi connectivity index (χ0v) is 7.58. The van der Waals surface area contributed by atoms with Gasteiger partial charge in [0.2, 0.25) is 0 Å². The van der Waals surface area contributed by atoms with Crippen LogP contribution in [0.2, 0.25) is 0 Å². The largest absolute Gasteiger partial charge is 0.331 e. The van der Waals surface area contributed by atoms with Crippen LogP contribution in [-0.4, -0.2) is 41.6 Å². The second kappa shape index (κ2) is 3.87. The number of carbonyl (C=O) groups excluding carboxylic acids is 1. The van der Waals surface area contributed by atoms with E-state index in [1.807, 2.05) is 0 Å². The highest BCUT2D eigenvalue weighted by atomic mass is 16.2. The summed E-state index contributed by atoms with van der Waals surface area (Å²) in [5.74, 6) is 0. The van der Waals surface area contributed by atoms with Crippen LogP contribution >= 0.6 is 0 Å². The molecule has 0 N–H and O–H groups in total. The number of carbonyl (C=O) groups is 1. The fourth-order valence-corrected chi connectivity index (χ4v) is 1.18. The van der Waals surface area contributed by atoms with Crippen LogP contribution in [0.4, 0.5) is 4.79 Å². The lowest BCUT2D eigenvalue weighted by molar-refractivity contribution is 0.188. The maximum atomic E-state index is 11.8. The Bertz CT molecular complexity index is 311. The topological polar surface area (TPSA) is 48.3 Å². The minimum atomic E-state index is -0.105. The van der Waals surface area contributed by atoms with Crippen LogP contribution in [0, 0.1) is 0 Å². The first-order valence-electron chi connectivity index (χ1n) is 4.28. The van der Waals surface area contributed by atoms with Crippen molar-refractivity contribution in [2.45, 2.75) is 0 Å². The Balaban J connectivity index is 2.01. The third-order valence-corrected chi connectivity index (χ3v) is 1.87. The molecule has 0 atom stereocenters. The van der Waals surface area contributed by atoms with Crippen LogP contribution < -0.4 is 0 Å². The standard InChI is InChI=1S/C9H10N4O/c14-9(12-5-1-3-10-7-12)13-6-2-4-11-8-13/h1-6H,7-8H2. The molecule has 5 nitrogen and oxygen atoms in total. The highest BCUT2D eigenvalue weighted by molar-refractivity contribution is 5.82. The second-order valence-electron chi connectivity index (χ2n) is 2.85. The maximum absolute atomic E-state index is 11.8. The molecule has 0 bridgehead atoms. The van der Waals surface area contributed by atoms with E-state index in [2.05, 4.69) is 9.98 Å². The molecule has 0 fully saturated rings. The summed E-state index contributed by atoms with van der Waals surface area (Å²) in [6.45, 7) is 0.757. The number of amides is 2. The molecule has 0 aromatic heterocycles. The third kappa shape index (κ3) is 1.71. The molecule has 2 heterocycles. The molecule has 0 radical (unpaired) electrons. The van der Waals surface area contributed by atoms with E-state index >= 15 is 0 Å². The summed E-state index contributed by atoms with van der Waals surface area (Å²) in [4.78, 5) is 22.8. The van der Waals surface area contributed by atoms with Gasteiger partial charge >= 0.3 is 6.03 Å². The Morgan fingerprint density at radius 1 is 1.00 bits per heavy atom. The highest BCUT2D eigenvalue weighted by Crippen LogP contribution is 2.05. The van der Waals surface area contributed by atoms with Crippen molar-refractivity contribution in [3.8, 4) is 0 Å². The number of nitrogens with zero attached hydrogens (tertiary/aromatic N) is 4. The minimum Gasteiger partial charge on any atom is -0.281 e. The van der Waals surface area contributed by atoms with Gasteiger partial charge in [-0.3, -0.25) is 19.8 Å². The Morgan fingerprint density at radius 3 is 1.86 bits per heavy atom. The van der Waals surface area contributed by atoms with Crippen LogP contribution in [-0.2, 0) is 0 Å². The van der Waals surface area contributed by atoms with Crippen LogP contribution in [0.1, 0.15) is 0 Å². The van der Waals surface area contributed by atoms with E-state index in [9.17, 15) is 4.79 Å². The van der Waals surface area contributed by atoms with Crippen molar-refractivity contribution in [3.05, 3.63) is 24.6 Å². The monoisotopic (exact) mass is 190 g/mol. The first-order valence-corrected chi connectivity index (χ1v) is 4.28. The van der Waals surface area contributed by atoms with Crippen molar-refractivity contribution in [2.24, 2.45) is 9.98 Å². The molecule has 0 aromatic rings. The molecule has 0 spiro atoms. The molecule has 0 saturated heterocycles. The summed E-state index contributed by atoms with van der Waals surface area (Å²) in [7, 11) is 0. The lowest BCUT2D eigenvalue weighted by Gasteiger charge is -2.25. The van der Waals surface area contributed by atoms with Gasteiger partial charge < -0.3 is 0 Å². The number of rotatable bonds is 0. The maximum Gasteiger partial charge on any atom is 0.331 e. The minimum absolute atomic E-state index is 0.105. The molecule has 72 valence electrons. The molecule has 0 saturated carbocycles. The molecular weight excluding hydrogens is 180 g/mol. The van der Waals surface area contributed by atoms with Crippen molar-refractivity contribution in [1.29, 1.82) is 0 Å². The summed E-state index contributed by atoms with van der Waals surface area (Å²) in [6.07, 6.45) is 10.2. The average Bonchev–Trinajstić information content (AvgIpc) is 2.30. The van der Waals surface area contributed by atoms with E-state index in [4.69, 9.17) is 0 Å². The molecule has 2 aliphatic rings. The summed E-state index contributed by atoms with van der Waals surface area (Å²) < 4.78 is 0. The average molecular weight is 190 g/mol. The number of hydrogen-bond acceptors (Lipinski definition) is 3. The van der Waals surface area contributed by atoms with Gasteiger partial charge in [0.1, 0.15) is 13.3 Å². The van der Waals surface area contributed by atoms with Crippen molar-refractivity contribution in [1.82, 2.24) is 9.80 Å². The fourth-order valence-electron chi connectivity index (χ4n) is 1.18. The number of aliphatic imine (C=N–C) groups is 2. The highest BCUT2D eigenvalue weighted by Gasteiger charge is 2.17. The smallest absolute Gasteiger partial charge is 0.281 e. The van der Waals surface area contributed by atoms with Gasteiger partial charge in [-0.1, -0.05) is 0 Å². The van der Waals surface area contributed by atoms with Crippen molar-refractivity contribution < 1.29 is 4.79 Å². The number of urea groups is 1.